The van der Waals surface area contributed by atoms with Crippen LogP contribution in [0.3, 0.4) is 0 Å². The van der Waals surface area contributed by atoms with Gasteiger partial charge in [-0.1, -0.05) is 26.0 Å². The lowest BCUT2D eigenvalue weighted by molar-refractivity contribution is -0.128. The summed E-state index contributed by atoms with van der Waals surface area (Å²) in [5, 5.41) is 9.56. The number of piperidine rings is 1. The Morgan fingerprint density at radius 2 is 1.94 bits per heavy atom. The highest BCUT2D eigenvalue weighted by atomic mass is 16.3. The fourth-order valence-corrected chi connectivity index (χ4v) is 2.15. The minimum atomic E-state index is -0.825. The lowest BCUT2D eigenvalue weighted by Gasteiger charge is -2.30. The molecule has 17 heavy (non-hydrogen) atoms. The molecule has 1 aliphatic heterocycles. The number of carbonyl (C=O) groups is 1. The third kappa shape index (κ3) is 2.50. The van der Waals surface area contributed by atoms with E-state index in [-0.39, 0.29) is 5.91 Å². The zero-order chi connectivity index (χ0) is 12.4. The molecule has 3 nitrogen and oxygen atoms in total. The van der Waals surface area contributed by atoms with E-state index in [1.807, 2.05) is 24.3 Å². The van der Waals surface area contributed by atoms with Crippen LogP contribution < -0.4 is 4.90 Å². The van der Waals surface area contributed by atoms with Crippen LogP contribution in [-0.4, -0.2) is 23.7 Å². The number of aliphatic hydroxyl groups excluding tert-OH is 1. The van der Waals surface area contributed by atoms with E-state index in [1.54, 1.807) is 4.90 Å². The first-order valence-electron chi connectivity index (χ1n) is 6.19. The molecule has 0 radical (unpaired) electrons. The average Bonchev–Trinajstić information content (AvgIpc) is 2.33. The van der Waals surface area contributed by atoms with Crippen LogP contribution in [-0.2, 0) is 4.79 Å². The lowest BCUT2D eigenvalue weighted by atomic mass is 10.0. The van der Waals surface area contributed by atoms with Gasteiger partial charge in [0.1, 0.15) is 6.10 Å². The average molecular weight is 233 g/mol. The summed E-state index contributed by atoms with van der Waals surface area (Å²) in [5.41, 5.74) is 2.15. The third-order valence-corrected chi connectivity index (χ3v) is 3.28. The highest BCUT2D eigenvalue weighted by Crippen LogP contribution is 2.23. The highest BCUT2D eigenvalue weighted by molar-refractivity contribution is 5.97. The maximum absolute atomic E-state index is 11.8. The van der Waals surface area contributed by atoms with Crippen molar-refractivity contribution in [3.8, 4) is 0 Å². The monoisotopic (exact) mass is 233 g/mol. The van der Waals surface area contributed by atoms with Crippen LogP contribution in [0.2, 0.25) is 0 Å². The molecule has 2 rings (SSSR count). The molecule has 1 unspecified atom stereocenters. The van der Waals surface area contributed by atoms with Crippen LogP contribution in [0.4, 0.5) is 5.69 Å². The molecule has 1 aromatic carbocycles. The van der Waals surface area contributed by atoms with Gasteiger partial charge in [0.15, 0.2) is 0 Å². The molecule has 1 N–H and O–H groups in total. The van der Waals surface area contributed by atoms with Crippen molar-refractivity contribution in [2.75, 3.05) is 11.4 Å². The summed E-state index contributed by atoms with van der Waals surface area (Å²) in [6.45, 7) is 4.99. The first-order chi connectivity index (χ1) is 8.09. The molecule has 1 saturated heterocycles. The van der Waals surface area contributed by atoms with E-state index in [4.69, 9.17) is 0 Å². The molecule has 0 spiro atoms. The maximum atomic E-state index is 11.8. The molecule has 1 aliphatic rings. The fourth-order valence-electron chi connectivity index (χ4n) is 2.15. The predicted molar refractivity (Wildman–Crippen MR) is 68.1 cm³/mol. The van der Waals surface area contributed by atoms with E-state index in [2.05, 4.69) is 13.8 Å². The molecule has 1 amide bonds. The molecule has 3 heteroatoms. The first-order valence-corrected chi connectivity index (χ1v) is 6.19. The van der Waals surface area contributed by atoms with E-state index >= 15 is 0 Å². The fraction of sp³-hybridized carbons (Fsp3) is 0.500. The molecule has 1 atom stereocenters. The minimum absolute atomic E-state index is 0.173. The summed E-state index contributed by atoms with van der Waals surface area (Å²) in [4.78, 5) is 13.5. The first kappa shape index (κ1) is 12.1. The summed E-state index contributed by atoms with van der Waals surface area (Å²) in [5.74, 6) is 0.320. The van der Waals surface area contributed by atoms with Gasteiger partial charge in [-0.25, -0.2) is 0 Å². The van der Waals surface area contributed by atoms with E-state index in [0.29, 0.717) is 18.9 Å². The number of hydrogen-bond acceptors (Lipinski definition) is 2. The van der Waals surface area contributed by atoms with Crippen LogP contribution in [0.25, 0.3) is 0 Å². The number of amides is 1. The van der Waals surface area contributed by atoms with E-state index < -0.39 is 6.10 Å². The number of rotatable bonds is 2. The second kappa shape index (κ2) is 4.88. The molecular weight excluding hydrogens is 214 g/mol. The minimum Gasteiger partial charge on any atom is -0.383 e. The molecule has 0 aromatic heterocycles. The zero-order valence-electron chi connectivity index (χ0n) is 10.4. The maximum Gasteiger partial charge on any atom is 0.255 e. The van der Waals surface area contributed by atoms with Gasteiger partial charge in [0.25, 0.3) is 5.91 Å². The summed E-state index contributed by atoms with van der Waals surface area (Å²) in [6.07, 6.45) is 0.617. The SMILES string of the molecule is CC(C)c1ccc(N2CCCC(O)C2=O)cc1. The van der Waals surface area contributed by atoms with Gasteiger partial charge in [0, 0.05) is 12.2 Å². The van der Waals surface area contributed by atoms with Gasteiger partial charge in [0.2, 0.25) is 0 Å². The van der Waals surface area contributed by atoms with Gasteiger partial charge in [-0.3, -0.25) is 4.79 Å². The molecular formula is C14H19NO2. The smallest absolute Gasteiger partial charge is 0.255 e. The van der Waals surface area contributed by atoms with Crippen molar-refractivity contribution >= 4 is 11.6 Å². The topological polar surface area (TPSA) is 40.5 Å². The standard InChI is InChI=1S/C14H19NO2/c1-10(2)11-5-7-12(8-6-11)15-9-3-4-13(16)14(15)17/h5-8,10,13,16H,3-4,9H2,1-2H3. The van der Waals surface area contributed by atoms with Crippen LogP contribution >= 0.6 is 0 Å². The van der Waals surface area contributed by atoms with Crippen LogP contribution in [0, 0.1) is 0 Å². The van der Waals surface area contributed by atoms with Crippen molar-refractivity contribution in [1.29, 1.82) is 0 Å². The molecule has 92 valence electrons. The number of hydrogen-bond donors (Lipinski definition) is 1. The Kier molecular flexibility index (Phi) is 3.48. The Bertz CT molecular complexity index is 397. The van der Waals surface area contributed by atoms with E-state index in [1.165, 1.54) is 5.56 Å². The van der Waals surface area contributed by atoms with Crippen molar-refractivity contribution in [1.82, 2.24) is 0 Å². The summed E-state index contributed by atoms with van der Waals surface area (Å²) >= 11 is 0. The van der Waals surface area contributed by atoms with Crippen molar-refractivity contribution < 1.29 is 9.90 Å². The van der Waals surface area contributed by atoms with E-state index in [9.17, 15) is 9.90 Å². The number of nitrogens with zero attached hydrogens (tertiary/aromatic N) is 1. The van der Waals surface area contributed by atoms with Gasteiger partial charge in [-0.05, 0) is 36.5 Å². The number of aliphatic hydroxyl groups is 1. The van der Waals surface area contributed by atoms with Crippen molar-refractivity contribution in [3.05, 3.63) is 29.8 Å². The van der Waals surface area contributed by atoms with Gasteiger partial charge in [0.05, 0.1) is 0 Å². The Morgan fingerprint density at radius 1 is 1.29 bits per heavy atom. The molecule has 1 fully saturated rings. The summed E-state index contributed by atoms with van der Waals surface area (Å²) < 4.78 is 0. The Morgan fingerprint density at radius 3 is 2.53 bits per heavy atom. The quantitative estimate of drug-likeness (QED) is 0.851. The number of benzene rings is 1. The molecule has 1 heterocycles. The summed E-state index contributed by atoms with van der Waals surface area (Å²) in [7, 11) is 0. The van der Waals surface area contributed by atoms with Crippen molar-refractivity contribution in [2.24, 2.45) is 0 Å². The van der Waals surface area contributed by atoms with Crippen LogP contribution in [0.15, 0.2) is 24.3 Å². The van der Waals surface area contributed by atoms with Crippen LogP contribution in [0.1, 0.15) is 38.2 Å². The van der Waals surface area contributed by atoms with Gasteiger partial charge in [-0.15, -0.1) is 0 Å². The van der Waals surface area contributed by atoms with Crippen molar-refractivity contribution in [3.63, 3.8) is 0 Å². The van der Waals surface area contributed by atoms with Gasteiger partial charge in [-0.2, -0.15) is 0 Å². The van der Waals surface area contributed by atoms with Gasteiger partial charge >= 0.3 is 0 Å². The molecule has 0 aliphatic carbocycles. The molecule has 0 saturated carbocycles. The third-order valence-electron chi connectivity index (χ3n) is 3.28. The van der Waals surface area contributed by atoms with Crippen LogP contribution in [0.5, 0.6) is 0 Å². The predicted octanol–water partition coefficient (Wildman–Crippen LogP) is 2.30. The second-order valence-electron chi connectivity index (χ2n) is 4.89. The number of anilines is 1. The van der Waals surface area contributed by atoms with Crippen molar-refractivity contribution in [2.45, 2.75) is 38.7 Å². The Balaban J connectivity index is 2.19. The molecule has 0 bridgehead atoms. The molecule has 1 aromatic rings. The summed E-state index contributed by atoms with van der Waals surface area (Å²) in [6, 6.07) is 8.03. The number of carbonyl (C=O) groups excluding carboxylic acids is 1. The van der Waals surface area contributed by atoms with Gasteiger partial charge < -0.3 is 10.0 Å². The lowest BCUT2D eigenvalue weighted by Crippen LogP contribution is -2.44. The largest absolute Gasteiger partial charge is 0.383 e. The Hall–Kier alpha value is -1.35. The normalized spacial score (nSPS) is 21.1. The zero-order valence-corrected chi connectivity index (χ0v) is 10.4. The highest BCUT2D eigenvalue weighted by Gasteiger charge is 2.27. The second-order valence-corrected chi connectivity index (χ2v) is 4.89. The Labute approximate surface area is 102 Å². The van der Waals surface area contributed by atoms with E-state index in [0.717, 1.165) is 12.1 Å².